The second-order valence-corrected chi connectivity index (χ2v) is 5.58. The van der Waals surface area contributed by atoms with Crippen LogP contribution in [0.3, 0.4) is 0 Å². The Bertz CT molecular complexity index is 523. The van der Waals surface area contributed by atoms with E-state index < -0.39 is 5.97 Å². The smallest absolute Gasteiger partial charge is 0.325 e. The zero-order chi connectivity index (χ0) is 15.9. The van der Waals surface area contributed by atoms with Gasteiger partial charge in [0, 0.05) is 25.7 Å². The van der Waals surface area contributed by atoms with Crippen LogP contribution in [0, 0.1) is 12.8 Å². The van der Waals surface area contributed by atoms with Crippen LogP contribution in [0.25, 0.3) is 0 Å². The maximum absolute atomic E-state index is 12.7. The summed E-state index contributed by atoms with van der Waals surface area (Å²) in [4.78, 5) is 26.0. The van der Waals surface area contributed by atoms with Crippen molar-refractivity contribution in [1.82, 2.24) is 4.90 Å². The minimum atomic E-state index is -0.394. The van der Waals surface area contributed by atoms with Crippen LogP contribution in [0.15, 0.2) is 24.3 Å². The van der Waals surface area contributed by atoms with Gasteiger partial charge >= 0.3 is 5.97 Å². The number of nitrogens with zero attached hydrogens (tertiary/aromatic N) is 1. The summed E-state index contributed by atoms with van der Waals surface area (Å²) in [5, 5.41) is 0. The fourth-order valence-corrected chi connectivity index (χ4v) is 2.63. The van der Waals surface area contributed by atoms with Gasteiger partial charge in [-0.05, 0) is 30.9 Å². The van der Waals surface area contributed by atoms with E-state index in [2.05, 4.69) is 0 Å². The predicted molar refractivity (Wildman–Crippen MR) is 82.2 cm³/mol. The summed E-state index contributed by atoms with van der Waals surface area (Å²) in [6, 6.07) is 7.89. The lowest BCUT2D eigenvalue weighted by Crippen LogP contribution is -2.41. The molecule has 1 amide bonds. The minimum absolute atomic E-state index is 0.0111. The van der Waals surface area contributed by atoms with Gasteiger partial charge < -0.3 is 14.4 Å². The molecule has 1 heterocycles. The van der Waals surface area contributed by atoms with Crippen LogP contribution in [-0.2, 0) is 25.6 Å². The first-order valence-electron chi connectivity index (χ1n) is 7.59. The average molecular weight is 305 g/mol. The summed E-state index contributed by atoms with van der Waals surface area (Å²) in [5.41, 5.74) is 2.16. The van der Waals surface area contributed by atoms with Crippen molar-refractivity contribution in [1.29, 1.82) is 0 Å². The Balaban J connectivity index is 2.12. The van der Waals surface area contributed by atoms with Gasteiger partial charge in [0.1, 0.15) is 6.54 Å². The fraction of sp³-hybridized carbons (Fsp3) is 0.529. The molecule has 0 spiro atoms. The van der Waals surface area contributed by atoms with Gasteiger partial charge in [0.2, 0.25) is 5.91 Å². The highest BCUT2D eigenvalue weighted by atomic mass is 16.5. The number of aryl methyl sites for hydroxylation is 1. The molecule has 0 saturated carbocycles. The molecule has 0 aromatic heterocycles. The summed E-state index contributed by atoms with van der Waals surface area (Å²) < 4.78 is 10.0. The van der Waals surface area contributed by atoms with Gasteiger partial charge in [0.05, 0.1) is 7.11 Å². The molecule has 1 aliphatic rings. The first-order valence-corrected chi connectivity index (χ1v) is 7.59. The van der Waals surface area contributed by atoms with Gasteiger partial charge in [-0.1, -0.05) is 24.3 Å². The zero-order valence-corrected chi connectivity index (χ0v) is 13.2. The van der Waals surface area contributed by atoms with E-state index in [0.29, 0.717) is 32.6 Å². The molecule has 1 fully saturated rings. The molecule has 0 N–H and O–H groups in total. The molecule has 120 valence electrons. The van der Waals surface area contributed by atoms with E-state index in [-0.39, 0.29) is 18.4 Å². The molecule has 5 nitrogen and oxygen atoms in total. The van der Waals surface area contributed by atoms with Crippen molar-refractivity contribution >= 4 is 11.9 Å². The SMILES string of the molecule is COC(=O)CN(Cc1ccccc1C)C(=O)C1CCOCC1. The first-order chi connectivity index (χ1) is 10.6. The monoisotopic (exact) mass is 305 g/mol. The Labute approximate surface area is 131 Å². The molecular weight excluding hydrogens is 282 g/mol. The number of amides is 1. The van der Waals surface area contributed by atoms with Crippen LogP contribution >= 0.6 is 0 Å². The second kappa shape index (κ2) is 7.94. The van der Waals surface area contributed by atoms with E-state index in [4.69, 9.17) is 9.47 Å². The van der Waals surface area contributed by atoms with Gasteiger partial charge in [-0.15, -0.1) is 0 Å². The van der Waals surface area contributed by atoms with Gasteiger partial charge in [0.25, 0.3) is 0 Å². The number of rotatable bonds is 5. The Morgan fingerprint density at radius 1 is 1.27 bits per heavy atom. The van der Waals surface area contributed by atoms with Crippen molar-refractivity contribution in [3.63, 3.8) is 0 Å². The molecule has 22 heavy (non-hydrogen) atoms. The van der Waals surface area contributed by atoms with E-state index in [1.54, 1.807) is 4.90 Å². The number of methoxy groups -OCH3 is 1. The van der Waals surface area contributed by atoms with Crippen molar-refractivity contribution in [3.8, 4) is 0 Å². The first kappa shape index (κ1) is 16.5. The largest absolute Gasteiger partial charge is 0.468 e. The molecule has 1 aliphatic heterocycles. The highest BCUT2D eigenvalue weighted by Gasteiger charge is 2.28. The maximum Gasteiger partial charge on any atom is 0.325 e. The highest BCUT2D eigenvalue weighted by molar-refractivity contribution is 5.83. The summed E-state index contributed by atoms with van der Waals surface area (Å²) >= 11 is 0. The summed E-state index contributed by atoms with van der Waals surface area (Å²) in [6.45, 7) is 3.63. The van der Waals surface area contributed by atoms with Crippen LogP contribution in [0.4, 0.5) is 0 Å². The summed E-state index contributed by atoms with van der Waals surface area (Å²) in [6.07, 6.45) is 1.43. The van der Waals surface area contributed by atoms with E-state index in [1.807, 2.05) is 31.2 Å². The molecular formula is C17H23NO4. The van der Waals surface area contributed by atoms with Crippen LogP contribution in [-0.4, -0.2) is 43.6 Å². The number of carbonyl (C=O) groups is 2. The van der Waals surface area contributed by atoms with Crippen LogP contribution in [0.5, 0.6) is 0 Å². The molecule has 5 heteroatoms. The van der Waals surface area contributed by atoms with Crippen LogP contribution < -0.4 is 0 Å². The summed E-state index contributed by atoms with van der Waals surface area (Å²) in [7, 11) is 1.34. The molecule has 0 unspecified atom stereocenters. The molecule has 0 aliphatic carbocycles. The number of benzene rings is 1. The topological polar surface area (TPSA) is 55.8 Å². The van der Waals surface area contributed by atoms with E-state index in [1.165, 1.54) is 7.11 Å². The van der Waals surface area contributed by atoms with Crippen molar-refractivity contribution in [2.45, 2.75) is 26.3 Å². The lowest BCUT2D eigenvalue weighted by molar-refractivity contribution is -0.150. The van der Waals surface area contributed by atoms with Crippen molar-refractivity contribution < 1.29 is 19.1 Å². The van der Waals surface area contributed by atoms with Crippen molar-refractivity contribution in [2.24, 2.45) is 5.92 Å². The Morgan fingerprint density at radius 3 is 2.59 bits per heavy atom. The summed E-state index contributed by atoms with van der Waals surface area (Å²) in [5.74, 6) is -0.451. The number of carbonyl (C=O) groups excluding carboxylic acids is 2. The third-order valence-corrected chi connectivity index (χ3v) is 4.05. The van der Waals surface area contributed by atoms with E-state index >= 15 is 0 Å². The van der Waals surface area contributed by atoms with E-state index in [0.717, 1.165) is 11.1 Å². The van der Waals surface area contributed by atoms with Gasteiger partial charge in [0.15, 0.2) is 0 Å². The second-order valence-electron chi connectivity index (χ2n) is 5.58. The zero-order valence-electron chi connectivity index (χ0n) is 13.2. The standard InChI is InChI=1S/C17H23NO4/c1-13-5-3-4-6-15(13)11-18(12-16(19)21-2)17(20)14-7-9-22-10-8-14/h3-6,14H,7-12H2,1-2H3. The number of hydrogen-bond acceptors (Lipinski definition) is 4. The minimum Gasteiger partial charge on any atom is -0.468 e. The molecule has 0 bridgehead atoms. The third kappa shape index (κ3) is 4.31. The molecule has 1 saturated heterocycles. The lowest BCUT2D eigenvalue weighted by Gasteiger charge is -2.29. The fourth-order valence-electron chi connectivity index (χ4n) is 2.63. The Kier molecular flexibility index (Phi) is 5.95. The van der Waals surface area contributed by atoms with Crippen molar-refractivity contribution in [3.05, 3.63) is 35.4 Å². The van der Waals surface area contributed by atoms with Gasteiger partial charge in [-0.2, -0.15) is 0 Å². The van der Waals surface area contributed by atoms with E-state index in [9.17, 15) is 9.59 Å². The average Bonchev–Trinajstić information content (AvgIpc) is 2.56. The van der Waals surface area contributed by atoms with Gasteiger partial charge in [-0.25, -0.2) is 0 Å². The quantitative estimate of drug-likeness (QED) is 0.780. The maximum atomic E-state index is 12.7. The number of ether oxygens (including phenoxy) is 2. The Morgan fingerprint density at radius 2 is 1.95 bits per heavy atom. The Hall–Kier alpha value is -1.88. The molecule has 1 aromatic carbocycles. The van der Waals surface area contributed by atoms with Crippen molar-refractivity contribution in [2.75, 3.05) is 26.9 Å². The molecule has 1 aromatic rings. The molecule has 2 rings (SSSR count). The lowest BCUT2D eigenvalue weighted by atomic mass is 9.98. The van der Waals surface area contributed by atoms with Crippen LogP contribution in [0.2, 0.25) is 0 Å². The molecule has 0 radical (unpaired) electrons. The predicted octanol–water partition coefficient (Wildman–Crippen LogP) is 1.92. The molecule has 0 atom stereocenters. The number of esters is 1. The van der Waals surface area contributed by atoms with Crippen LogP contribution in [0.1, 0.15) is 24.0 Å². The highest BCUT2D eigenvalue weighted by Crippen LogP contribution is 2.20. The van der Waals surface area contributed by atoms with Gasteiger partial charge in [-0.3, -0.25) is 9.59 Å². The number of hydrogen-bond donors (Lipinski definition) is 0. The normalized spacial score (nSPS) is 15.4. The third-order valence-electron chi connectivity index (χ3n) is 4.05.